The summed E-state index contributed by atoms with van der Waals surface area (Å²) in [6.07, 6.45) is 2.95. The van der Waals surface area contributed by atoms with Crippen molar-refractivity contribution in [2.24, 2.45) is 5.92 Å². The van der Waals surface area contributed by atoms with Gasteiger partial charge in [0.15, 0.2) is 0 Å². The summed E-state index contributed by atoms with van der Waals surface area (Å²) in [6.45, 7) is 2.00. The minimum atomic E-state index is -1.47. The van der Waals surface area contributed by atoms with Gasteiger partial charge < -0.3 is 5.11 Å². The lowest BCUT2D eigenvalue weighted by Gasteiger charge is -2.08. The van der Waals surface area contributed by atoms with E-state index in [2.05, 4.69) is 0 Å². The Bertz CT molecular complexity index is 584. The van der Waals surface area contributed by atoms with Crippen LogP contribution in [0.3, 0.4) is 0 Å². The molecule has 1 aliphatic carbocycles. The standard InChI is InChI=1S/C16H17Cl2FO2/c1-2-3-4-10(15(19)16(20)21)12-8-11(12)9-5-6-13(17)14(18)7-9/h5-7,11-12H,2-4,8H2,1H3,(H,20,21)/b15-10-. The summed E-state index contributed by atoms with van der Waals surface area (Å²) in [4.78, 5) is 10.9. The van der Waals surface area contributed by atoms with Crippen LogP contribution in [0.1, 0.15) is 44.1 Å². The van der Waals surface area contributed by atoms with Crippen molar-refractivity contribution in [3.05, 3.63) is 45.2 Å². The molecular formula is C16H17Cl2FO2. The first-order valence-corrected chi connectivity index (χ1v) is 7.78. The molecule has 0 radical (unpaired) electrons. The average Bonchev–Trinajstić information content (AvgIpc) is 3.22. The molecule has 114 valence electrons. The minimum absolute atomic E-state index is 0.0371. The molecule has 0 aliphatic heterocycles. The molecule has 1 saturated carbocycles. The van der Waals surface area contributed by atoms with Crippen LogP contribution in [0.25, 0.3) is 0 Å². The Morgan fingerprint density at radius 3 is 2.67 bits per heavy atom. The first kappa shape index (κ1) is 16.3. The molecule has 21 heavy (non-hydrogen) atoms. The van der Waals surface area contributed by atoms with Gasteiger partial charge in [-0.25, -0.2) is 4.79 Å². The first-order chi connectivity index (χ1) is 9.95. The minimum Gasteiger partial charge on any atom is -0.476 e. The van der Waals surface area contributed by atoms with Crippen molar-refractivity contribution in [2.45, 2.75) is 38.5 Å². The van der Waals surface area contributed by atoms with E-state index >= 15 is 0 Å². The second-order valence-corrected chi connectivity index (χ2v) is 6.18. The normalized spacial score (nSPS) is 21.9. The van der Waals surface area contributed by atoms with Crippen LogP contribution in [0.15, 0.2) is 29.6 Å². The van der Waals surface area contributed by atoms with E-state index in [1.54, 1.807) is 12.1 Å². The Labute approximate surface area is 133 Å². The van der Waals surface area contributed by atoms with Crippen molar-refractivity contribution in [1.82, 2.24) is 0 Å². The molecule has 0 heterocycles. The van der Waals surface area contributed by atoms with Gasteiger partial charge in [0.1, 0.15) is 0 Å². The van der Waals surface area contributed by atoms with Gasteiger partial charge in [-0.2, -0.15) is 4.39 Å². The number of carboxylic acids is 1. The van der Waals surface area contributed by atoms with Gasteiger partial charge in [0.05, 0.1) is 10.0 Å². The lowest BCUT2D eigenvalue weighted by atomic mass is 9.99. The molecule has 1 aromatic carbocycles. The molecule has 2 rings (SSSR count). The molecule has 1 aliphatic rings. The van der Waals surface area contributed by atoms with Crippen molar-refractivity contribution in [3.63, 3.8) is 0 Å². The van der Waals surface area contributed by atoms with E-state index < -0.39 is 11.8 Å². The molecule has 0 bridgehead atoms. The Morgan fingerprint density at radius 1 is 1.38 bits per heavy atom. The molecule has 0 spiro atoms. The molecule has 1 fully saturated rings. The molecular weight excluding hydrogens is 314 g/mol. The molecule has 0 amide bonds. The summed E-state index contributed by atoms with van der Waals surface area (Å²) in [5, 5.41) is 9.85. The molecule has 0 saturated heterocycles. The van der Waals surface area contributed by atoms with Crippen molar-refractivity contribution < 1.29 is 14.3 Å². The van der Waals surface area contributed by atoms with Crippen LogP contribution < -0.4 is 0 Å². The second kappa shape index (κ2) is 6.80. The third-order valence-electron chi connectivity index (χ3n) is 3.88. The summed E-state index contributed by atoms with van der Waals surface area (Å²) in [6, 6.07) is 5.37. The van der Waals surface area contributed by atoms with Crippen LogP contribution in [-0.2, 0) is 4.79 Å². The highest BCUT2D eigenvalue weighted by Gasteiger charge is 2.43. The smallest absolute Gasteiger partial charge is 0.364 e. The number of hydrogen-bond donors (Lipinski definition) is 1. The number of rotatable bonds is 6. The van der Waals surface area contributed by atoms with Crippen molar-refractivity contribution in [3.8, 4) is 0 Å². The molecule has 1 N–H and O–H groups in total. The van der Waals surface area contributed by atoms with Crippen molar-refractivity contribution in [1.29, 1.82) is 0 Å². The summed E-state index contributed by atoms with van der Waals surface area (Å²) in [5.41, 5.74) is 1.42. The van der Waals surface area contributed by atoms with Crippen molar-refractivity contribution in [2.75, 3.05) is 0 Å². The lowest BCUT2D eigenvalue weighted by Crippen LogP contribution is -2.03. The van der Waals surface area contributed by atoms with Gasteiger partial charge in [-0.05, 0) is 54.4 Å². The fraction of sp³-hybridized carbons (Fsp3) is 0.438. The van der Waals surface area contributed by atoms with E-state index in [1.807, 2.05) is 13.0 Å². The van der Waals surface area contributed by atoms with Crippen LogP contribution in [0.5, 0.6) is 0 Å². The fourth-order valence-electron chi connectivity index (χ4n) is 2.65. The van der Waals surface area contributed by atoms with Crippen LogP contribution >= 0.6 is 23.2 Å². The van der Waals surface area contributed by atoms with Crippen LogP contribution in [0.2, 0.25) is 10.0 Å². The molecule has 2 unspecified atom stereocenters. The molecule has 2 atom stereocenters. The number of allylic oxidation sites excluding steroid dienone is 1. The quantitative estimate of drug-likeness (QED) is 0.689. The van der Waals surface area contributed by atoms with Crippen LogP contribution in [0.4, 0.5) is 4.39 Å². The third-order valence-corrected chi connectivity index (χ3v) is 4.62. The van der Waals surface area contributed by atoms with Gasteiger partial charge in [0.2, 0.25) is 5.83 Å². The van der Waals surface area contributed by atoms with E-state index in [-0.39, 0.29) is 11.8 Å². The monoisotopic (exact) mass is 330 g/mol. The largest absolute Gasteiger partial charge is 0.476 e. The molecule has 0 aromatic heterocycles. The predicted octanol–water partition coefficient (Wildman–Crippen LogP) is 5.60. The highest BCUT2D eigenvalue weighted by atomic mass is 35.5. The summed E-state index contributed by atoms with van der Waals surface area (Å²) < 4.78 is 13.9. The third kappa shape index (κ3) is 3.78. The Balaban J connectivity index is 2.19. The second-order valence-electron chi connectivity index (χ2n) is 5.37. The highest BCUT2D eigenvalue weighted by molar-refractivity contribution is 6.42. The van der Waals surface area contributed by atoms with Gasteiger partial charge in [0.25, 0.3) is 0 Å². The fourth-order valence-corrected chi connectivity index (χ4v) is 2.96. The van der Waals surface area contributed by atoms with Gasteiger partial charge >= 0.3 is 5.97 Å². The van der Waals surface area contributed by atoms with Gasteiger partial charge in [0, 0.05) is 0 Å². The number of carbonyl (C=O) groups is 1. The highest BCUT2D eigenvalue weighted by Crippen LogP contribution is 2.54. The van der Waals surface area contributed by atoms with E-state index in [4.69, 9.17) is 28.3 Å². The van der Waals surface area contributed by atoms with Crippen LogP contribution in [-0.4, -0.2) is 11.1 Å². The first-order valence-electron chi connectivity index (χ1n) is 7.02. The number of unbranched alkanes of at least 4 members (excludes halogenated alkanes) is 1. The van der Waals surface area contributed by atoms with Gasteiger partial charge in [-0.1, -0.05) is 42.6 Å². The number of hydrogen-bond acceptors (Lipinski definition) is 1. The van der Waals surface area contributed by atoms with Gasteiger partial charge in [-0.15, -0.1) is 0 Å². The van der Waals surface area contributed by atoms with E-state index in [9.17, 15) is 9.18 Å². The summed E-state index contributed by atoms with van der Waals surface area (Å²) in [5.74, 6) is -2.36. The predicted molar refractivity (Wildman–Crippen MR) is 82.6 cm³/mol. The van der Waals surface area contributed by atoms with E-state index in [1.165, 1.54) is 0 Å². The Kier molecular flexibility index (Phi) is 5.28. The van der Waals surface area contributed by atoms with Crippen molar-refractivity contribution >= 4 is 29.2 Å². The lowest BCUT2D eigenvalue weighted by molar-refractivity contribution is -0.134. The maximum absolute atomic E-state index is 13.9. The topological polar surface area (TPSA) is 37.3 Å². The number of aliphatic carboxylic acids is 1. The summed E-state index contributed by atoms with van der Waals surface area (Å²) in [7, 11) is 0. The SMILES string of the molecule is CCCC/C(=C(/F)C(=O)O)C1CC1c1ccc(Cl)c(Cl)c1. The zero-order valence-electron chi connectivity index (χ0n) is 11.7. The zero-order valence-corrected chi connectivity index (χ0v) is 13.2. The van der Waals surface area contributed by atoms with E-state index in [0.717, 1.165) is 24.8 Å². The van der Waals surface area contributed by atoms with Gasteiger partial charge in [-0.3, -0.25) is 0 Å². The van der Waals surface area contributed by atoms with Crippen LogP contribution in [0, 0.1) is 5.92 Å². The molecule has 2 nitrogen and oxygen atoms in total. The number of benzene rings is 1. The maximum atomic E-state index is 13.9. The number of carboxylic acid groups (broad SMARTS) is 1. The average molecular weight is 331 g/mol. The Hall–Kier alpha value is -1.06. The maximum Gasteiger partial charge on any atom is 0.364 e. The molecule has 5 heteroatoms. The Morgan fingerprint density at radius 2 is 2.10 bits per heavy atom. The zero-order chi connectivity index (χ0) is 15.6. The number of halogens is 3. The molecule has 1 aromatic rings. The van der Waals surface area contributed by atoms with E-state index in [0.29, 0.717) is 22.0 Å². The summed E-state index contributed by atoms with van der Waals surface area (Å²) >= 11 is 11.9.